The number of nitrogens with one attached hydrogen (secondary N) is 3. The lowest BCUT2D eigenvalue weighted by molar-refractivity contribution is -0.136. The van der Waals surface area contributed by atoms with E-state index in [1.165, 1.54) is 21.6 Å². The summed E-state index contributed by atoms with van der Waals surface area (Å²) in [5, 5.41) is 12.4. The molecule has 1 aromatic heterocycles. The Labute approximate surface area is 218 Å². The highest BCUT2D eigenvalue weighted by Crippen LogP contribution is 2.29. The second-order valence-corrected chi connectivity index (χ2v) is 12.3. The van der Waals surface area contributed by atoms with Crippen molar-refractivity contribution < 1.29 is 23.6 Å². The molecule has 0 spiro atoms. The normalized spacial score (nSPS) is 18.9. The highest BCUT2D eigenvalue weighted by molar-refractivity contribution is 8.76. The van der Waals surface area contributed by atoms with Crippen LogP contribution in [0.2, 0.25) is 0 Å². The van der Waals surface area contributed by atoms with Gasteiger partial charge in [-0.05, 0) is 26.3 Å². The Hall–Kier alpha value is -2.73. The molecule has 0 unspecified atom stereocenters. The molecule has 1 saturated heterocycles. The van der Waals surface area contributed by atoms with Gasteiger partial charge in [-0.15, -0.1) is 0 Å². The minimum Gasteiger partial charge on any atom is -0.444 e. The summed E-state index contributed by atoms with van der Waals surface area (Å²) in [6.07, 6.45) is -0.154. The zero-order valence-electron chi connectivity index (χ0n) is 21.1. The lowest BCUT2D eigenvalue weighted by Crippen LogP contribution is -2.63. The highest BCUT2D eigenvalue weighted by atomic mass is 33.1. The van der Waals surface area contributed by atoms with Crippen LogP contribution in [0, 0.1) is 0 Å². The van der Waals surface area contributed by atoms with E-state index in [4.69, 9.17) is 9.26 Å². The van der Waals surface area contributed by atoms with Crippen LogP contribution < -0.4 is 16.0 Å². The number of ether oxygens (including phenoxy) is 1. The SMILES string of the molecule is CC(C)c1noc([C@@H](CSSC[C@@H]2NC(=O)[C@@H](Cc3ccccc3)NC2=O)NC(=O)OC(C)(C)C)n1. The average Bonchev–Trinajstić information content (AvgIpc) is 3.29. The largest absolute Gasteiger partial charge is 0.444 e. The third-order valence-electron chi connectivity index (χ3n) is 5.06. The maximum Gasteiger partial charge on any atom is 0.408 e. The topological polar surface area (TPSA) is 135 Å². The minimum absolute atomic E-state index is 0.0749. The highest BCUT2D eigenvalue weighted by Gasteiger charge is 2.34. The van der Waals surface area contributed by atoms with Crippen LogP contribution in [0.15, 0.2) is 34.9 Å². The molecule has 3 N–H and O–H groups in total. The van der Waals surface area contributed by atoms with E-state index in [9.17, 15) is 14.4 Å². The molecule has 3 rings (SSSR count). The van der Waals surface area contributed by atoms with Crippen LogP contribution in [0.1, 0.15) is 63.9 Å². The molecule has 196 valence electrons. The Balaban J connectivity index is 1.52. The average molecular weight is 536 g/mol. The number of aromatic nitrogens is 2. The van der Waals surface area contributed by atoms with Gasteiger partial charge in [0.05, 0.1) is 0 Å². The minimum atomic E-state index is -0.653. The number of carbonyl (C=O) groups is 3. The van der Waals surface area contributed by atoms with Crippen molar-refractivity contribution in [3.63, 3.8) is 0 Å². The quantitative estimate of drug-likeness (QED) is 0.309. The van der Waals surface area contributed by atoms with Gasteiger partial charge in [0.15, 0.2) is 5.82 Å². The number of piperazine rings is 1. The van der Waals surface area contributed by atoms with E-state index in [0.29, 0.717) is 23.8 Å². The Morgan fingerprint density at radius 2 is 1.78 bits per heavy atom. The molecule has 1 aliphatic heterocycles. The molecule has 2 heterocycles. The van der Waals surface area contributed by atoms with Gasteiger partial charge in [-0.1, -0.05) is 70.9 Å². The molecular weight excluding hydrogens is 502 g/mol. The number of benzene rings is 1. The molecule has 0 aliphatic carbocycles. The van der Waals surface area contributed by atoms with E-state index in [1.807, 2.05) is 44.2 Å². The van der Waals surface area contributed by atoms with Crippen molar-refractivity contribution in [1.82, 2.24) is 26.1 Å². The predicted octanol–water partition coefficient (Wildman–Crippen LogP) is 3.37. The summed E-state index contributed by atoms with van der Waals surface area (Å²) in [6.45, 7) is 9.24. The summed E-state index contributed by atoms with van der Waals surface area (Å²) in [5.41, 5.74) is 0.325. The summed E-state index contributed by atoms with van der Waals surface area (Å²) in [4.78, 5) is 41.9. The third kappa shape index (κ3) is 8.44. The van der Waals surface area contributed by atoms with E-state index >= 15 is 0 Å². The fourth-order valence-corrected chi connectivity index (χ4v) is 5.59. The van der Waals surface area contributed by atoms with Crippen LogP contribution in [-0.2, 0) is 20.7 Å². The van der Waals surface area contributed by atoms with Gasteiger partial charge in [-0.3, -0.25) is 9.59 Å². The van der Waals surface area contributed by atoms with Crippen LogP contribution in [0.25, 0.3) is 0 Å². The molecule has 1 fully saturated rings. The number of nitrogens with zero attached hydrogens (tertiary/aromatic N) is 2. The molecule has 3 atom stereocenters. The van der Waals surface area contributed by atoms with Gasteiger partial charge < -0.3 is 25.2 Å². The third-order valence-corrected chi connectivity index (χ3v) is 7.49. The maximum atomic E-state index is 12.6. The smallest absolute Gasteiger partial charge is 0.408 e. The molecule has 3 amide bonds. The molecule has 1 aliphatic rings. The number of amides is 3. The maximum absolute atomic E-state index is 12.6. The molecule has 36 heavy (non-hydrogen) atoms. The Morgan fingerprint density at radius 1 is 1.11 bits per heavy atom. The standard InChI is InChI=1S/C24H33N5O5S2/c1-14(2)19-28-22(34-29-19)18(27-23(32)33-24(3,4)5)13-36-35-12-17-21(31)25-16(20(30)26-17)11-15-9-7-6-8-10-15/h6-10,14,16-18H,11-13H2,1-5H3,(H,25,31)(H,26,30)(H,27,32)/t16-,17+,18-/m1/s1. The van der Waals surface area contributed by atoms with Crippen molar-refractivity contribution in [3.05, 3.63) is 47.6 Å². The summed E-state index contributed by atoms with van der Waals surface area (Å²) in [5.74, 6) is 1.24. The van der Waals surface area contributed by atoms with Gasteiger partial charge in [-0.2, -0.15) is 4.98 Å². The van der Waals surface area contributed by atoms with Crippen molar-refractivity contribution >= 4 is 39.5 Å². The molecule has 12 heteroatoms. The fraction of sp³-hybridized carbons (Fsp3) is 0.542. The van der Waals surface area contributed by atoms with Crippen molar-refractivity contribution in [2.75, 3.05) is 11.5 Å². The summed E-state index contributed by atoms with van der Waals surface area (Å²) in [6, 6.07) is 7.74. The van der Waals surface area contributed by atoms with Crippen LogP contribution in [-0.4, -0.2) is 57.2 Å². The predicted molar refractivity (Wildman–Crippen MR) is 139 cm³/mol. The first-order valence-corrected chi connectivity index (χ1v) is 14.2. The first-order valence-electron chi connectivity index (χ1n) is 11.7. The van der Waals surface area contributed by atoms with Gasteiger partial charge in [0.25, 0.3) is 0 Å². The number of carbonyl (C=O) groups excluding carboxylic acids is 3. The van der Waals surface area contributed by atoms with Crippen LogP contribution in [0.5, 0.6) is 0 Å². The van der Waals surface area contributed by atoms with Gasteiger partial charge >= 0.3 is 6.09 Å². The van der Waals surface area contributed by atoms with Crippen molar-refractivity contribution in [2.45, 2.75) is 70.7 Å². The van der Waals surface area contributed by atoms with Gasteiger partial charge in [0.2, 0.25) is 17.7 Å². The van der Waals surface area contributed by atoms with Crippen LogP contribution in [0.4, 0.5) is 4.79 Å². The lowest BCUT2D eigenvalue weighted by Gasteiger charge is -2.29. The van der Waals surface area contributed by atoms with Gasteiger partial charge in [0, 0.05) is 23.8 Å². The summed E-state index contributed by atoms with van der Waals surface area (Å²) in [7, 11) is 2.83. The molecule has 2 aromatic rings. The number of rotatable bonds is 10. The fourth-order valence-electron chi connectivity index (χ4n) is 3.27. The van der Waals surface area contributed by atoms with E-state index in [2.05, 4.69) is 26.1 Å². The lowest BCUT2D eigenvalue weighted by atomic mass is 10.0. The van der Waals surface area contributed by atoms with E-state index in [-0.39, 0.29) is 23.6 Å². The first-order chi connectivity index (χ1) is 17.0. The Kier molecular flexibility index (Phi) is 9.66. The molecular formula is C24H33N5O5S2. The molecule has 10 nitrogen and oxygen atoms in total. The van der Waals surface area contributed by atoms with Crippen molar-refractivity contribution in [1.29, 1.82) is 0 Å². The van der Waals surface area contributed by atoms with Crippen molar-refractivity contribution in [3.8, 4) is 0 Å². The van der Waals surface area contributed by atoms with Gasteiger partial charge in [0.1, 0.15) is 23.7 Å². The number of hydrogen-bond donors (Lipinski definition) is 3. The Bertz CT molecular complexity index is 1040. The second-order valence-electron chi connectivity index (χ2n) is 9.73. The molecule has 0 radical (unpaired) electrons. The number of alkyl carbamates (subject to hydrolysis) is 1. The molecule has 0 saturated carbocycles. The Morgan fingerprint density at radius 3 is 2.42 bits per heavy atom. The zero-order chi connectivity index (χ0) is 26.3. The van der Waals surface area contributed by atoms with Crippen LogP contribution >= 0.6 is 21.6 Å². The van der Waals surface area contributed by atoms with E-state index in [1.54, 1.807) is 20.8 Å². The molecule has 0 bridgehead atoms. The number of hydrogen-bond acceptors (Lipinski definition) is 9. The zero-order valence-corrected chi connectivity index (χ0v) is 22.7. The first kappa shape index (κ1) is 27.9. The van der Waals surface area contributed by atoms with Crippen molar-refractivity contribution in [2.24, 2.45) is 0 Å². The summed E-state index contributed by atoms with van der Waals surface area (Å²) < 4.78 is 10.8. The second kappa shape index (κ2) is 12.5. The van der Waals surface area contributed by atoms with E-state index < -0.39 is 29.8 Å². The molecule has 1 aromatic carbocycles. The monoisotopic (exact) mass is 535 g/mol. The van der Waals surface area contributed by atoms with Gasteiger partial charge in [-0.25, -0.2) is 4.79 Å². The summed E-state index contributed by atoms with van der Waals surface area (Å²) >= 11 is 0. The van der Waals surface area contributed by atoms with Crippen LogP contribution in [0.3, 0.4) is 0 Å². The van der Waals surface area contributed by atoms with E-state index in [0.717, 1.165) is 5.56 Å².